The molecule has 1 aromatic rings. The Morgan fingerprint density at radius 3 is 2.75 bits per heavy atom. The molecule has 1 aromatic carbocycles. The Morgan fingerprint density at radius 1 is 1.35 bits per heavy atom. The fourth-order valence-electron chi connectivity index (χ4n) is 2.43. The van der Waals surface area contributed by atoms with Crippen molar-refractivity contribution in [3.63, 3.8) is 0 Å². The third kappa shape index (κ3) is 3.64. The van der Waals surface area contributed by atoms with Crippen LogP contribution in [0.25, 0.3) is 0 Å². The average Bonchev–Trinajstić information content (AvgIpc) is 3.25. The molecule has 0 saturated heterocycles. The number of benzene rings is 1. The summed E-state index contributed by atoms with van der Waals surface area (Å²) in [5, 5.41) is 3.44. The van der Waals surface area contributed by atoms with E-state index in [9.17, 15) is 4.79 Å². The fourth-order valence-corrected chi connectivity index (χ4v) is 2.60. The van der Waals surface area contributed by atoms with Gasteiger partial charge in [0.2, 0.25) is 5.91 Å². The summed E-state index contributed by atoms with van der Waals surface area (Å²) in [7, 11) is 0. The van der Waals surface area contributed by atoms with Crippen molar-refractivity contribution in [1.82, 2.24) is 4.90 Å². The van der Waals surface area contributed by atoms with Crippen LogP contribution >= 0.6 is 11.6 Å². The van der Waals surface area contributed by atoms with Gasteiger partial charge < -0.3 is 11.1 Å². The number of nitrogens with two attached hydrogens (primary N) is 1. The van der Waals surface area contributed by atoms with E-state index in [1.165, 1.54) is 25.7 Å². The van der Waals surface area contributed by atoms with Crippen LogP contribution < -0.4 is 11.1 Å². The molecule has 0 aromatic heterocycles. The molecule has 1 amide bonds. The van der Waals surface area contributed by atoms with E-state index >= 15 is 0 Å². The number of amides is 1. The first kappa shape index (κ1) is 13.7. The lowest BCUT2D eigenvalue weighted by Gasteiger charge is -2.21. The normalized spacial score (nSPS) is 18.3. The van der Waals surface area contributed by atoms with Gasteiger partial charge in [-0.15, -0.1) is 0 Å². The lowest BCUT2D eigenvalue weighted by atomic mass is 10.2. The van der Waals surface area contributed by atoms with Gasteiger partial charge in [0.25, 0.3) is 0 Å². The number of nitrogens with zero attached hydrogens (tertiary/aromatic N) is 1. The molecule has 5 heteroatoms. The molecule has 0 heterocycles. The Hall–Kier alpha value is -1.26. The molecule has 108 valence electrons. The minimum atomic E-state index is -0.00785. The van der Waals surface area contributed by atoms with Crippen molar-refractivity contribution in [1.29, 1.82) is 0 Å². The molecule has 0 atom stereocenters. The van der Waals surface area contributed by atoms with Crippen molar-refractivity contribution in [2.45, 2.75) is 31.7 Å². The van der Waals surface area contributed by atoms with Gasteiger partial charge in [0.15, 0.2) is 0 Å². The average molecular weight is 294 g/mol. The summed E-state index contributed by atoms with van der Waals surface area (Å²) in [5.41, 5.74) is 6.99. The largest absolute Gasteiger partial charge is 0.397 e. The molecule has 3 rings (SSSR count). The van der Waals surface area contributed by atoms with Crippen LogP contribution in [-0.2, 0) is 4.79 Å². The summed E-state index contributed by atoms with van der Waals surface area (Å²) in [6.45, 7) is 1.51. The number of nitrogen functional groups attached to an aromatic ring is 1. The third-order valence-electron chi connectivity index (χ3n) is 3.89. The Bertz CT molecular complexity index is 512. The summed E-state index contributed by atoms with van der Waals surface area (Å²) in [4.78, 5) is 14.5. The van der Waals surface area contributed by atoms with Crippen LogP contribution in [0, 0.1) is 5.92 Å². The minimum Gasteiger partial charge on any atom is -0.397 e. The maximum absolute atomic E-state index is 12.2. The van der Waals surface area contributed by atoms with Crippen molar-refractivity contribution in [3.8, 4) is 0 Å². The van der Waals surface area contributed by atoms with Gasteiger partial charge in [0, 0.05) is 17.6 Å². The SMILES string of the molecule is Nc1ccc(Cl)cc1NC(=O)CN(CC1CC1)C1CC1. The molecule has 2 aliphatic rings. The van der Waals surface area contributed by atoms with E-state index in [0.29, 0.717) is 29.0 Å². The van der Waals surface area contributed by atoms with Crippen molar-refractivity contribution < 1.29 is 4.79 Å². The summed E-state index contributed by atoms with van der Waals surface area (Å²) in [5.74, 6) is 0.797. The standard InChI is InChI=1S/C15H20ClN3O/c16-11-3-6-13(17)14(7-11)18-15(20)9-19(12-4-5-12)8-10-1-2-10/h3,6-7,10,12H,1-2,4-5,8-9,17H2,(H,18,20). The molecule has 2 fully saturated rings. The van der Waals surface area contributed by atoms with Crippen molar-refractivity contribution >= 4 is 28.9 Å². The van der Waals surface area contributed by atoms with E-state index in [2.05, 4.69) is 10.2 Å². The van der Waals surface area contributed by atoms with Crippen LogP contribution in [-0.4, -0.2) is 29.9 Å². The molecule has 0 radical (unpaired) electrons. The molecular weight excluding hydrogens is 274 g/mol. The Balaban J connectivity index is 1.58. The smallest absolute Gasteiger partial charge is 0.238 e. The van der Waals surface area contributed by atoms with Gasteiger partial charge in [-0.2, -0.15) is 0 Å². The molecule has 4 nitrogen and oxygen atoms in total. The van der Waals surface area contributed by atoms with Gasteiger partial charge in [-0.1, -0.05) is 11.6 Å². The molecule has 0 aliphatic heterocycles. The highest BCUT2D eigenvalue weighted by molar-refractivity contribution is 6.31. The van der Waals surface area contributed by atoms with E-state index in [1.54, 1.807) is 18.2 Å². The molecular formula is C15H20ClN3O. The highest BCUT2D eigenvalue weighted by Gasteiger charge is 2.34. The Kier molecular flexibility index (Phi) is 3.85. The van der Waals surface area contributed by atoms with E-state index in [0.717, 1.165) is 12.5 Å². The molecule has 2 saturated carbocycles. The molecule has 20 heavy (non-hydrogen) atoms. The predicted octanol–water partition coefficient (Wildman–Crippen LogP) is 2.74. The molecule has 0 bridgehead atoms. The number of hydrogen-bond acceptors (Lipinski definition) is 3. The number of carbonyl (C=O) groups excluding carboxylic acids is 1. The topological polar surface area (TPSA) is 58.4 Å². The van der Waals surface area contributed by atoms with Crippen LogP contribution in [0.1, 0.15) is 25.7 Å². The van der Waals surface area contributed by atoms with E-state index in [1.807, 2.05) is 0 Å². The van der Waals surface area contributed by atoms with Gasteiger partial charge >= 0.3 is 0 Å². The summed E-state index contributed by atoms with van der Waals surface area (Å²) < 4.78 is 0. The molecule has 0 unspecified atom stereocenters. The summed E-state index contributed by atoms with van der Waals surface area (Å²) >= 11 is 5.93. The Labute approximate surface area is 124 Å². The summed E-state index contributed by atoms with van der Waals surface area (Å²) in [6, 6.07) is 5.73. The van der Waals surface area contributed by atoms with Gasteiger partial charge in [0.1, 0.15) is 0 Å². The van der Waals surface area contributed by atoms with E-state index in [-0.39, 0.29) is 5.91 Å². The number of hydrogen-bond donors (Lipinski definition) is 2. The second kappa shape index (κ2) is 5.62. The zero-order valence-electron chi connectivity index (χ0n) is 11.4. The first-order chi connectivity index (χ1) is 9.61. The number of anilines is 2. The molecule has 2 aliphatic carbocycles. The zero-order valence-corrected chi connectivity index (χ0v) is 12.2. The third-order valence-corrected chi connectivity index (χ3v) is 4.12. The maximum atomic E-state index is 12.2. The lowest BCUT2D eigenvalue weighted by Crippen LogP contribution is -2.36. The van der Waals surface area contributed by atoms with Crippen LogP contribution in [0.3, 0.4) is 0 Å². The van der Waals surface area contributed by atoms with Gasteiger partial charge in [-0.3, -0.25) is 9.69 Å². The van der Waals surface area contributed by atoms with Crippen molar-refractivity contribution in [3.05, 3.63) is 23.2 Å². The number of rotatable bonds is 6. The minimum absolute atomic E-state index is 0.00785. The number of carbonyl (C=O) groups is 1. The summed E-state index contributed by atoms with van der Waals surface area (Å²) in [6.07, 6.45) is 5.07. The first-order valence-corrected chi connectivity index (χ1v) is 7.58. The first-order valence-electron chi connectivity index (χ1n) is 7.21. The quantitative estimate of drug-likeness (QED) is 0.793. The Morgan fingerprint density at radius 2 is 2.10 bits per heavy atom. The van der Waals surface area contributed by atoms with Crippen molar-refractivity contribution in [2.75, 3.05) is 24.1 Å². The maximum Gasteiger partial charge on any atom is 0.238 e. The molecule has 3 N–H and O–H groups in total. The monoisotopic (exact) mass is 293 g/mol. The van der Waals surface area contributed by atoms with E-state index in [4.69, 9.17) is 17.3 Å². The van der Waals surface area contributed by atoms with Gasteiger partial charge in [0.05, 0.1) is 17.9 Å². The number of nitrogens with one attached hydrogen (secondary N) is 1. The van der Waals surface area contributed by atoms with Crippen LogP contribution in [0.2, 0.25) is 5.02 Å². The number of halogens is 1. The zero-order chi connectivity index (χ0) is 14.1. The fraction of sp³-hybridized carbons (Fsp3) is 0.533. The highest BCUT2D eigenvalue weighted by atomic mass is 35.5. The van der Waals surface area contributed by atoms with Gasteiger partial charge in [-0.25, -0.2) is 0 Å². The molecule has 0 spiro atoms. The van der Waals surface area contributed by atoms with Gasteiger partial charge in [-0.05, 0) is 49.8 Å². The highest BCUT2D eigenvalue weighted by Crippen LogP contribution is 2.34. The van der Waals surface area contributed by atoms with Crippen LogP contribution in [0.5, 0.6) is 0 Å². The van der Waals surface area contributed by atoms with Crippen LogP contribution in [0.15, 0.2) is 18.2 Å². The van der Waals surface area contributed by atoms with Crippen LogP contribution in [0.4, 0.5) is 11.4 Å². The second-order valence-corrected chi connectivity index (χ2v) is 6.32. The van der Waals surface area contributed by atoms with E-state index < -0.39 is 0 Å². The lowest BCUT2D eigenvalue weighted by molar-refractivity contribution is -0.117. The van der Waals surface area contributed by atoms with Crippen molar-refractivity contribution in [2.24, 2.45) is 5.92 Å². The predicted molar refractivity (Wildman–Crippen MR) is 81.8 cm³/mol. The second-order valence-electron chi connectivity index (χ2n) is 5.88.